The molecule has 0 spiro atoms. The molecule has 112 valence electrons. The van der Waals surface area contributed by atoms with Gasteiger partial charge < -0.3 is 15.3 Å². The highest BCUT2D eigenvalue weighted by Crippen LogP contribution is 2.33. The van der Waals surface area contributed by atoms with Gasteiger partial charge in [0.05, 0.1) is 12.3 Å². The quantitative estimate of drug-likeness (QED) is 0.780. The Morgan fingerprint density at radius 1 is 1.48 bits per heavy atom. The van der Waals surface area contributed by atoms with E-state index in [1.807, 2.05) is 13.0 Å². The van der Waals surface area contributed by atoms with Gasteiger partial charge in [-0.05, 0) is 34.9 Å². The maximum Gasteiger partial charge on any atom is 0.158 e. The zero-order valence-corrected chi connectivity index (χ0v) is 12.2. The van der Waals surface area contributed by atoms with Gasteiger partial charge in [0.2, 0.25) is 0 Å². The van der Waals surface area contributed by atoms with Gasteiger partial charge in [0.1, 0.15) is 5.52 Å². The fourth-order valence-electron chi connectivity index (χ4n) is 2.64. The minimum Gasteiger partial charge on any atom is -0.395 e. The van der Waals surface area contributed by atoms with Gasteiger partial charge >= 0.3 is 0 Å². The van der Waals surface area contributed by atoms with E-state index in [1.165, 1.54) is 0 Å². The van der Waals surface area contributed by atoms with Crippen LogP contribution in [-0.2, 0) is 0 Å². The number of aliphatic hydroxyl groups is 1. The number of rotatable bonds is 6. The fraction of sp³-hybridized carbons (Fsp3) is 0.467. The number of anilines is 1. The van der Waals surface area contributed by atoms with Gasteiger partial charge in [-0.2, -0.15) is 0 Å². The smallest absolute Gasteiger partial charge is 0.158 e. The van der Waals surface area contributed by atoms with Gasteiger partial charge in [0, 0.05) is 32.1 Å². The molecular formula is C15H20N4O2. The van der Waals surface area contributed by atoms with Crippen LogP contribution in [-0.4, -0.2) is 48.2 Å². The highest BCUT2D eigenvalue weighted by molar-refractivity contribution is 5.91. The van der Waals surface area contributed by atoms with E-state index in [2.05, 4.69) is 33.2 Å². The van der Waals surface area contributed by atoms with E-state index in [-0.39, 0.29) is 6.61 Å². The number of allylic oxidation sites excluding steroid dienone is 1. The van der Waals surface area contributed by atoms with E-state index in [1.54, 1.807) is 0 Å². The van der Waals surface area contributed by atoms with Crippen molar-refractivity contribution in [3.05, 3.63) is 24.3 Å². The molecule has 1 aliphatic rings. The SMILES string of the molecule is C=C(C)c1cc(N2CC(CNCCO)C2)c2nonc2c1. The van der Waals surface area contributed by atoms with Crippen molar-refractivity contribution in [2.45, 2.75) is 6.92 Å². The molecule has 3 rings (SSSR count). The van der Waals surface area contributed by atoms with Crippen molar-refractivity contribution in [2.75, 3.05) is 37.7 Å². The zero-order chi connectivity index (χ0) is 14.8. The summed E-state index contributed by atoms with van der Waals surface area (Å²) in [6.07, 6.45) is 0. The number of aromatic nitrogens is 2. The molecule has 0 amide bonds. The first-order chi connectivity index (χ1) is 10.2. The lowest BCUT2D eigenvalue weighted by Gasteiger charge is -2.41. The molecule has 0 atom stereocenters. The molecular weight excluding hydrogens is 268 g/mol. The molecule has 0 radical (unpaired) electrons. The third-order valence-electron chi connectivity index (χ3n) is 3.85. The van der Waals surface area contributed by atoms with Crippen molar-refractivity contribution in [1.82, 2.24) is 15.6 Å². The topological polar surface area (TPSA) is 74.4 Å². The Labute approximate surface area is 123 Å². The van der Waals surface area contributed by atoms with Crippen LogP contribution < -0.4 is 10.2 Å². The predicted molar refractivity (Wildman–Crippen MR) is 82.2 cm³/mol. The molecule has 0 saturated carbocycles. The zero-order valence-electron chi connectivity index (χ0n) is 12.2. The molecule has 1 aromatic carbocycles. The van der Waals surface area contributed by atoms with Gasteiger partial charge in [0.15, 0.2) is 5.52 Å². The highest BCUT2D eigenvalue weighted by Gasteiger charge is 2.29. The lowest BCUT2D eigenvalue weighted by molar-refractivity contribution is 0.282. The van der Waals surface area contributed by atoms with E-state index < -0.39 is 0 Å². The second-order valence-electron chi connectivity index (χ2n) is 5.61. The Morgan fingerprint density at radius 3 is 3.00 bits per heavy atom. The molecule has 0 bridgehead atoms. The minimum atomic E-state index is 0.183. The third-order valence-corrected chi connectivity index (χ3v) is 3.85. The number of aliphatic hydroxyl groups excluding tert-OH is 1. The average Bonchev–Trinajstić information content (AvgIpc) is 2.88. The van der Waals surface area contributed by atoms with Gasteiger partial charge in [-0.3, -0.25) is 0 Å². The maximum absolute atomic E-state index is 8.77. The van der Waals surface area contributed by atoms with Crippen LogP contribution in [0.25, 0.3) is 16.6 Å². The van der Waals surface area contributed by atoms with E-state index in [9.17, 15) is 0 Å². The monoisotopic (exact) mass is 288 g/mol. The number of fused-ring (bicyclic) bond motifs is 1. The van der Waals surface area contributed by atoms with Crippen LogP contribution in [0.5, 0.6) is 0 Å². The average molecular weight is 288 g/mol. The van der Waals surface area contributed by atoms with Crippen molar-refractivity contribution < 1.29 is 9.74 Å². The largest absolute Gasteiger partial charge is 0.395 e. The Morgan fingerprint density at radius 2 is 2.29 bits per heavy atom. The maximum atomic E-state index is 8.77. The first kappa shape index (κ1) is 14.0. The minimum absolute atomic E-state index is 0.183. The number of nitrogens with zero attached hydrogens (tertiary/aromatic N) is 3. The van der Waals surface area contributed by atoms with Crippen LogP contribution >= 0.6 is 0 Å². The van der Waals surface area contributed by atoms with Gasteiger partial charge in [-0.15, -0.1) is 0 Å². The predicted octanol–water partition coefficient (Wildman–Crippen LogP) is 1.27. The van der Waals surface area contributed by atoms with Crippen molar-refractivity contribution in [2.24, 2.45) is 5.92 Å². The lowest BCUT2D eigenvalue weighted by atomic mass is 9.97. The van der Waals surface area contributed by atoms with Gasteiger partial charge in [-0.1, -0.05) is 12.2 Å². The molecule has 0 unspecified atom stereocenters. The van der Waals surface area contributed by atoms with Crippen LogP contribution in [0.4, 0.5) is 5.69 Å². The molecule has 2 heterocycles. The number of benzene rings is 1. The van der Waals surface area contributed by atoms with E-state index >= 15 is 0 Å². The second-order valence-corrected chi connectivity index (χ2v) is 5.61. The first-order valence-corrected chi connectivity index (χ1v) is 7.17. The number of nitrogens with one attached hydrogen (secondary N) is 1. The molecule has 0 aliphatic carbocycles. The first-order valence-electron chi connectivity index (χ1n) is 7.17. The van der Waals surface area contributed by atoms with Crippen LogP contribution in [0.3, 0.4) is 0 Å². The number of hydrogen-bond donors (Lipinski definition) is 2. The Balaban J connectivity index is 1.75. The molecule has 2 N–H and O–H groups in total. The summed E-state index contributed by atoms with van der Waals surface area (Å²) in [5, 5.41) is 20.0. The normalized spacial score (nSPS) is 15.4. The second kappa shape index (κ2) is 5.83. The van der Waals surface area contributed by atoms with Crippen molar-refractivity contribution in [1.29, 1.82) is 0 Å². The Kier molecular flexibility index (Phi) is 3.90. The van der Waals surface area contributed by atoms with E-state index in [4.69, 9.17) is 9.74 Å². The summed E-state index contributed by atoms with van der Waals surface area (Å²) < 4.78 is 4.87. The summed E-state index contributed by atoms with van der Waals surface area (Å²) in [4.78, 5) is 2.28. The summed E-state index contributed by atoms with van der Waals surface area (Å²) in [5.41, 5.74) is 4.71. The summed E-state index contributed by atoms with van der Waals surface area (Å²) in [5.74, 6) is 0.597. The van der Waals surface area contributed by atoms with Crippen molar-refractivity contribution in [3.8, 4) is 0 Å². The highest BCUT2D eigenvalue weighted by atomic mass is 16.6. The molecule has 6 heteroatoms. The molecule has 1 saturated heterocycles. The third kappa shape index (κ3) is 2.77. The molecule has 1 aromatic heterocycles. The molecule has 21 heavy (non-hydrogen) atoms. The lowest BCUT2D eigenvalue weighted by Crippen LogP contribution is -2.51. The van der Waals surface area contributed by atoms with Crippen molar-refractivity contribution in [3.63, 3.8) is 0 Å². The van der Waals surface area contributed by atoms with E-state index in [0.29, 0.717) is 12.5 Å². The Bertz CT molecular complexity index is 646. The molecule has 2 aromatic rings. The summed E-state index contributed by atoms with van der Waals surface area (Å²) in [6.45, 7) is 9.68. The van der Waals surface area contributed by atoms with Crippen LogP contribution in [0.2, 0.25) is 0 Å². The van der Waals surface area contributed by atoms with Crippen LogP contribution in [0.15, 0.2) is 23.3 Å². The Hall–Kier alpha value is -1.92. The summed E-state index contributed by atoms with van der Waals surface area (Å²) in [6, 6.07) is 4.06. The molecule has 6 nitrogen and oxygen atoms in total. The van der Waals surface area contributed by atoms with Crippen LogP contribution in [0, 0.1) is 5.92 Å². The fourth-order valence-corrected chi connectivity index (χ4v) is 2.64. The standard InChI is InChI=1S/C15H20N4O2/c1-10(2)12-5-13-15(18-21-17-13)14(6-12)19-8-11(9-19)7-16-3-4-20/h5-6,11,16,20H,1,3-4,7-9H2,2H3. The van der Waals surface area contributed by atoms with Gasteiger partial charge in [0.25, 0.3) is 0 Å². The number of hydrogen-bond acceptors (Lipinski definition) is 6. The van der Waals surface area contributed by atoms with E-state index in [0.717, 1.165) is 47.5 Å². The molecule has 1 fully saturated rings. The summed E-state index contributed by atoms with van der Waals surface area (Å²) in [7, 11) is 0. The van der Waals surface area contributed by atoms with Gasteiger partial charge in [-0.25, -0.2) is 4.63 Å². The van der Waals surface area contributed by atoms with Crippen LogP contribution in [0.1, 0.15) is 12.5 Å². The molecule has 1 aliphatic heterocycles. The van der Waals surface area contributed by atoms with Crippen molar-refractivity contribution >= 4 is 22.3 Å². The summed E-state index contributed by atoms with van der Waals surface area (Å²) >= 11 is 0.